The molecule has 0 N–H and O–H groups in total. The second kappa shape index (κ2) is 12.1. The van der Waals surface area contributed by atoms with E-state index in [1.54, 1.807) is 12.0 Å². The second-order valence-corrected chi connectivity index (χ2v) is 14.5. The predicted octanol–water partition coefficient (Wildman–Crippen LogP) is 12.9. The smallest absolute Gasteiger partial charge is 0.0462 e. The van der Waals surface area contributed by atoms with Crippen molar-refractivity contribution in [1.82, 2.24) is 0 Å². The zero-order chi connectivity index (χ0) is 29.5. The molecule has 0 saturated carbocycles. The fourth-order valence-electron chi connectivity index (χ4n) is 7.43. The Morgan fingerprint density at radius 3 is 1.61 bits per heavy atom. The van der Waals surface area contributed by atoms with E-state index in [1.165, 1.54) is 133 Å². The SMILES string of the molecule is COCCCCCCCCCCc1cc2c(s1)-c1ccc3c4c(ccc-2c14)-c1c(-c2ccccc2)sc(-c2ccccc2)c1-3. The standard InChI is InChI=1S/C41H38OS2/c1-42-25-15-7-5-3-2-4-6-14-20-29-26-34-30-21-22-31-36-32(23-24-33(35(30)36)41(34)43-29)38-37(31)39(27-16-10-8-11-17-27)44-40(38)28-18-12-9-13-19-28/h8-13,16-19,21-24,26H,2-7,14-15,20,25H2,1H3. The van der Waals surface area contributed by atoms with Gasteiger partial charge in [0.25, 0.3) is 0 Å². The average Bonchev–Trinajstić information content (AvgIpc) is 3.81. The third-order valence-electron chi connectivity index (χ3n) is 9.52. The highest BCUT2D eigenvalue weighted by molar-refractivity contribution is 7.20. The number of fused-ring (bicyclic) bond motifs is 6. The molecule has 0 bridgehead atoms. The van der Waals surface area contributed by atoms with Crippen LogP contribution in [-0.2, 0) is 11.2 Å². The summed E-state index contributed by atoms with van der Waals surface area (Å²) in [6.07, 6.45) is 11.8. The molecule has 0 fully saturated rings. The van der Waals surface area contributed by atoms with Gasteiger partial charge in [0, 0.05) is 55.5 Å². The summed E-state index contributed by atoms with van der Waals surface area (Å²) in [5.74, 6) is 0. The lowest BCUT2D eigenvalue weighted by molar-refractivity contribution is 0.192. The first-order chi connectivity index (χ1) is 21.8. The molecule has 0 radical (unpaired) electrons. The number of aryl methyl sites for hydroxylation is 1. The quantitative estimate of drug-likeness (QED) is 0.118. The number of hydrogen-bond acceptors (Lipinski definition) is 3. The van der Waals surface area contributed by atoms with E-state index in [-0.39, 0.29) is 0 Å². The number of unbranched alkanes of at least 4 members (excludes halogenated alkanes) is 7. The first-order valence-electron chi connectivity index (χ1n) is 16.3. The van der Waals surface area contributed by atoms with Crippen LogP contribution >= 0.6 is 22.7 Å². The lowest BCUT2D eigenvalue weighted by Gasteiger charge is -2.09. The molecule has 0 aliphatic heterocycles. The Balaban J connectivity index is 1.08. The maximum absolute atomic E-state index is 5.16. The van der Waals surface area contributed by atoms with Crippen LogP contribution in [0.2, 0.25) is 0 Å². The fraction of sp³-hybridized carbons (Fsp3) is 0.268. The van der Waals surface area contributed by atoms with Gasteiger partial charge >= 0.3 is 0 Å². The van der Waals surface area contributed by atoms with Crippen LogP contribution in [0.15, 0.2) is 91.0 Å². The largest absolute Gasteiger partial charge is 0.385 e. The van der Waals surface area contributed by atoms with Crippen molar-refractivity contribution >= 4 is 33.4 Å². The van der Waals surface area contributed by atoms with Gasteiger partial charge in [-0.05, 0) is 63.9 Å². The summed E-state index contributed by atoms with van der Waals surface area (Å²) < 4.78 is 5.16. The highest BCUT2D eigenvalue weighted by Crippen LogP contribution is 2.63. The summed E-state index contributed by atoms with van der Waals surface area (Å²) in [5, 5.41) is 2.93. The molecule has 2 aliphatic rings. The molecule has 0 amide bonds. The normalized spacial score (nSPS) is 12.3. The summed E-state index contributed by atoms with van der Waals surface area (Å²) in [6, 6.07) is 34.2. The average molecular weight is 611 g/mol. The van der Waals surface area contributed by atoms with Crippen LogP contribution in [0.4, 0.5) is 0 Å². The number of ether oxygens (including phenoxy) is 1. The van der Waals surface area contributed by atoms with Gasteiger partial charge in [-0.3, -0.25) is 0 Å². The van der Waals surface area contributed by atoms with Crippen molar-refractivity contribution in [3.8, 4) is 64.7 Å². The van der Waals surface area contributed by atoms with Crippen LogP contribution in [-0.4, -0.2) is 13.7 Å². The minimum Gasteiger partial charge on any atom is -0.385 e. The van der Waals surface area contributed by atoms with Crippen LogP contribution < -0.4 is 0 Å². The molecule has 0 unspecified atom stereocenters. The van der Waals surface area contributed by atoms with E-state index in [0.717, 1.165) is 6.61 Å². The van der Waals surface area contributed by atoms with Crippen molar-refractivity contribution in [2.75, 3.05) is 13.7 Å². The van der Waals surface area contributed by atoms with Crippen molar-refractivity contribution in [2.24, 2.45) is 0 Å². The van der Waals surface area contributed by atoms with E-state index in [0.29, 0.717) is 0 Å². The first kappa shape index (κ1) is 28.0. The monoisotopic (exact) mass is 610 g/mol. The number of rotatable bonds is 13. The van der Waals surface area contributed by atoms with Gasteiger partial charge in [-0.25, -0.2) is 0 Å². The molecule has 0 saturated heterocycles. The summed E-state index contributed by atoms with van der Waals surface area (Å²) >= 11 is 3.99. The molecule has 0 spiro atoms. The van der Waals surface area contributed by atoms with E-state index in [1.807, 2.05) is 22.7 Å². The lowest BCUT2D eigenvalue weighted by atomic mass is 9.97. The minimum atomic E-state index is 0.909. The van der Waals surface area contributed by atoms with Crippen LogP contribution in [0.3, 0.4) is 0 Å². The summed E-state index contributed by atoms with van der Waals surface area (Å²) in [4.78, 5) is 5.80. The summed E-state index contributed by atoms with van der Waals surface area (Å²) in [7, 11) is 1.80. The van der Waals surface area contributed by atoms with Gasteiger partial charge < -0.3 is 4.74 Å². The molecule has 220 valence electrons. The third-order valence-corrected chi connectivity index (χ3v) is 12.0. The van der Waals surface area contributed by atoms with Crippen molar-refractivity contribution in [1.29, 1.82) is 0 Å². The number of hydrogen-bond donors (Lipinski definition) is 0. The number of methoxy groups -OCH3 is 1. The Morgan fingerprint density at radius 2 is 1.00 bits per heavy atom. The van der Waals surface area contributed by atoms with E-state index in [4.69, 9.17) is 4.74 Å². The first-order valence-corrected chi connectivity index (χ1v) is 18.0. The highest BCUT2D eigenvalue weighted by atomic mass is 32.1. The molecule has 8 rings (SSSR count). The van der Waals surface area contributed by atoms with Crippen molar-refractivity contribution in [2.45, 2.75) is 57.8 Å². The maximum atomic E-state index is 5.16. The molecule has 2 aromatic heterocycles. The van der Waals surface area contributed by atoms with Gasteiger partial charge in [0.2, 0.25) is 0 Å². The molecular formula is C41H38OS2. The Morgan fingerprint density at radius 1 is 0.477 bits per heavy atom. The Bertz CT molecular complexity index is 1820. The summed E-state index contributed by atoms with van der Waals surface area (Å²) in [6.45, 7) is 0.909. The van der Waals surface area contributed by atoms with E-state index >= 15 is 0 Å². The minimum absolute atomic E-state index is 0.909. The highest BCUT2D eigenvalue weighted by Gasteiger charge is 2.34. The van der Waals surface area contributed by atoms with E-state index in [9.17, 15) is 0 Å². The van der Waals surface area contributed by atoms with Crippen LogP contribution in [0.25, 0.3) is 75.5 Å². The second-order valence-electron chi connectivity index (χ2n) is 12.3. The van der Waals surface area contributed by atoms with Gasteiger partial charge in [-0.15, -0.1) is 22.7 Å². The summed E-state index contributed by atoms with van der Waals surface area (Å²) in [5.41, 5.74) is 12.6. The van der Waals surface area contributed by atoms with Crippen molar-refractivity contribution in [3.63, 3.8) is 0 Å². The van der Waals surface area contributed by atoms with Crippen LogP contribution in [0.5, 0.6) is 0 Å². The van der Waals surface area contributed by atoms with Gasteiger partial charge in [0.1, 0.15) is 0 Å². The molecule has 44 heavy (non-hydrogen) atoms. The maximum Gasteiger partial charge on any atom is 0.0462 e. The number of thiophene rings is 2. The zero-order valence-electron chi connectivity index (χ0n) is 25.5. The predicted molar refractivity (Wildman–Crippen MR) is 192 cm³/mol. The van der Waals surface area contributed by atoms with Gasteiger partial charge in [-0.1, -0.05) is 123 Å². The van der Waals surface area contributed by atoms with Crippen LogP contribution in [0.1, 0.15) is 56.2 Å². The molecule has 4 aromatic carbocycles. The Labute approximate surface area is 269 Å². The third kappa shape index (κ3) is 4.77. The molecular weight excluding hydrogens is 573 g/mol. The lowest BCUT2D eigenvalue weighted by Crippen LogP contribution is -1.88. The Kier molecular flexibility index (Phi) is 7.72. The van der Waals surface area contributed by atoms with Crippen molar-refractivity contribution < 1.29 is 4.74 Å². The van der Waals surface area contributed by atoms with Crippen molar-refractivity contribution in [3.05, 3.63) is 95.9 Å². The van der Waals surface area contributed by atoms with E-state index in [2.05, 4.69) is 91.0 Å². The van der Waals surface area contributed by atoms with Gasteiger partial charge in [0.05, 0.1) is 0 Å². The molecule has 1 nitrogen and oxygen atoms in total. The van der Waals surface area contributed by atoms with E-state index < -0.39 is 0 Å². The topological polar surface area (TPSA) is 9.23 Å². The number of benzene rings is 4. The van der Waals surface area contributed by atoms with Gasteiger partial charge in [-0.2, -0.15) is 0 Å². The molecule has 0 atom stereocenters. The molecule has 6 aromatic rings. The molecule has 3 heteroatoms. The molecule has 2 heterocycles. The molecule has 2 aliphatic carbocycles. The Hall–Kier alpha value is -3.50. The van der Waals surface area contributed by atoms with Gasteiger partial charge in [0.15, 0.2) is 0 Å². The fourth-order valence-corrected chi connectivity index (χ4v) is 10.0. The van der Waals surface area contributed by atoms with Crippen LogP contribution in [0, 0.1) is 0 Å². The zero-order valence-corrected chi connectivity index (χ0v) is 27.1.